The number of alkyl halides is 2. The van der Waals surface area contributed by atoms with E-state index in [1.165, 1.54) is 6.07 Å². The Morgan fingerprint density at radius 1 is 1.35 bits per heavy atom. The van der Waals surface area contributed by atoms with E-state index in [4.69, 9.17) is 0 Å². The molecule has 0 bridgehead atoms. The molecule has 1 saturated carbocycles. The van der Waals surface area contributed by atoms with Gasteiger partial charge in [-0.05, 0) is 43.9 Å². The number of para-hydroxylation sites is 1. The fraction of sp³-hybridized carbons (Fsp3) is 0.412. The Morgan fingerprint density at radius 3 is 2.57 bits per heavy atom. The molecule has 1 aliphatic rings. The van der Waals surface area contributed by atoms with Crippen LogP contribution >= 0.6 is 0 Å². The third kappa shape index (κ3) is 3.41. The van der Waals surface area contributed by atoms with Gasteiger partial charge in [0.25, 0.3) is 6.43 Å². The summed E-state index contributed by atoms with van der Waals surface area (Å²) in [4.78, 5) is 12.2. The van der Waals surface area contributed by atoms with Gasteiger partial charge in [-0.2, -0.15) is 5.10 Å². The molecule has 4 nitrogen and oxygen atoms in total. The minimum atomic E-state index is -2.64. The van der Waals surface area contributed by atoms with Gasteiger partial charge in [-0.25, -0.2) is 8.78 Å². The van der Waals surface area contributed by atoms with Crippen molar-refractivity contribution in [2.75, 3.05) is 5.32 Å². The van der Waals surface area contributed by atoms with Crippen LogP contribution in [0.2, 0.25) is 0 Å². The largest absolute Gasteiger partial charge is 0.324 e. The lowest BCUT2D eigenvalue weighted by Gasteiger charge is -2.12. The van der Waals surface area contributed by atoms with Crippen molar-refractivity contribution >= 4 is 11.6 Å². The number of aromatic nitrogens is 2. The van der Waals surface area contributed by atoms with E-state index in [1.54, 1.807) is 0 Å². The second-order valence-electron chi connectivity index (χ2n) is 6.04. The molecular weight excluding hydrogens is 300 g/mol. The molecule has 0 spiro atoms. The van der Waals surface area contributed by atoms with Crippen molar-refractivity contribution < 1.29 is 13.6 Å². The highest BCUT2D eigenvalue weighted by molar-refractivity contribution is 5.92. The first-order valence-corrected chi connectivity index (χ1v) is 7.67. The number of amides is 1. The predicted octanol–water partition coefficient (Wildman–Crippen LogP) is 3.95. The second kappa shape index (κ2) is 6.10. The van der Waals surface area contributed by atoms with Crippen LogP contribution in [-0.4, -0.2) is 15.7 Å². The molecule has 3 rings (SSSR count). The Morgan fingerprint density at radius 2 is 2.00 bits per heavy atom. The smallest absolute Gasteiger partial charge is 0.280 e. The summed E-state index contributed by atoms with van der Waals surface area (Å²) in [7, 11) is 0. The van der Waals surface area contributed by atoms with Gasteiger partial charge in [-0.1, -0.05) is 18.2 Å². The molecular formula is C17H19F2N3O. The summed E-state index contributed by atoms with van der Waals surface area (Å²) in [6.45, 7) is 3.58. The lowest BCUT2D eigenvalue weighted by atomic mass is 10.1. The number of nitrogens with zero attached hydrogens (tertiary/aromatic N) is 2. The molecule has 122 valence electrons. The number of rotatable bonds is 5. The maximum Gasteiger partial charge on any atom is 0.280 e. The molecule has 1 aromatic heterocycles. The van der Waals surface area contributed by atoms with Crippen molar-refractivity contribution in [2.45, 2.75) is 45.6 Å². The van der Waals surface area contributed by atoms with Gasteiger partial charge in [0.05, 0.1) is 5.69 Å². The lowest BCUT2D eigenvalue weighted by Crippen LogP contribution is -2.22. The Hall–Kier alpha value is -2.24. The Labute approximate surface area is 133 Å². The number of benzene rings is 1. The normalized spacial score (nSPS) is 14.3. The Kier molecular flexibility index (Phi) is 4.15. The minimum Gasteiger partial charge on any atom is -0.324 e. The van der Waals surface area contributed by atoms with E-state index in [0.717, 1.165) is 34.3 Å². The first-order valence-electron chi connectivity index (χ1n) is 7.67. The maximum atomic E-state index is 13.1. The lowest BCUT2D eigenvalue weighted by molar-refractivity contribution is -0.117. The number of anilines is 1. The molecule has 2 aromatic rings. The molecule has 0 aliphatic heterocycles. The van der Waals surface area contributed by atoms with Crippen LogP contribution in [0.5, 0.6) is 0 Å². The number of halogens is 2. The van der Waals surface area contributed by atoms with Crippen molar-refractivity contribution in [3.8, 4) is 0 Å². The molecule has 1 aliphatic carbocycles. The topological polar surface area (TPSA) is 46.9 Å². The molecule has 1 heterocycles. The summed E-state index contributed by atoms with van der Waals surface area (Å²) < 4.78 is 27.4. The van der Waals surface area contributed by atoms with E-state index in [0.29, 0.717) is 5.69 Å². The highest BCUT2D eigenvalue weighted by Gasteiger charge is 2.29. The van der Waals surface area contributed by atoms with Gasteiger partial charge in [-0.15, -0.1) is 0 Å². The van der Waals surface area contributed by atoms with Gasteiger partial charge < -0.3 is 5.32 Å². The summed E-state index contributed by atoms with van der Waals surface area (Å²) >= 11 is 0. The third-order valence-electron chi connectivity index (χ3n) is 4.09. The quantitative estimate of drug-likeness (QED) is 0.907. The SMILES string of the molecule is Cc1cccc(C)c1NC(=O)Cn1nc(C2CC2)cc1C(F)F. The van der Waals surface area contributed by atoms with Crippen LogP contribution in [-0.2, 0) is 11.3 Å². The van der Waals surface area contributed by atoms with Crippen molar-refractivity contribution in [1.82, 2.24) is 9.78 Å². The zero-order valence-corrected chi connectivity index (χ0v) is 13.1. The molecule has 0 saturated heterocycles. The van der Waals surface area contributed by atoms with E-state index in [9.17, 15) is 13.6 Å². The van der Waals surface area contributed by atoms with Crippen molar-refractivity contribution in [3.63, 3.8) is 0 Å². The summed E-state index contributed by atoms with van der Waals surface area (Å²) in [5, 5.41) is 7.00. The van der Waals surface area contributed by atoms with Crippen molar-refractivity contribution in [1.29, 1.82) is 0 Å². The molecule has 6 heteroatoms. The summed E-state index contributed by atoms with van der Waals surface area (Å²) in [5.41, 5.74) is 3.08. The Bertz CT molecular complexity index is 715. The van der Waals surface area contributed by atoms with E-state index in [2.05, 4.69) is 10.4 Å². The van der Waals surface area contributed by atoms with Gasteiger partial charge in [-0.3, -0.25) is 9.48 Å². The average molecular weight is 319 g/mol. The number of carbonyl (C=O) groups is 1. The number of nitrogens with one attached hydrogen (secondary N) is 1. The predicted molar refractivity (Wildman–Crippen MR) is 83.7 cm³/mol. The number of hydrogen-bond donors (Lipinski definition) is 1. The van der Waals surface area contributed by atoms with Crippen LogP contribution in [0.1, 0.15) is 47.7 Å². The van der Waals surface area contributed by atoms with E-state index in [-0.39, 0.29) is 24.1 Å². The van der Waals surface area contributed by atoms with Crippen LogP contribution < -0.4 is 5.32 Å². The molecule has 0 unspecified atom stereocenters. The van der Waals surface area contributed by atoms with Crippen LogP contribution in [0.3, 0.4) is 0 Å². The summed E-state index contributed by atoms with van der Waals surface area (Å²) in [6.07, 6.45) is -0.675. The van der Waals surface area contributed by atoms with Crippen molar-refractivity contribution in [2.24, 2.45) is 0 Å². The third-order valence-corrected chi connectivity index (χ3v) is 4.09. The van der Waals surface area contributed by atoms with Crippen LogP contribution in [0, 0.1) is 13.8 Å². The number of carbonyl (C=O) groups excluding carboxylic acids is 1. The monoisotopic (exact) mass is 319 g/mol. The van der Waals surface area contributed by atoms with Gasteiger partial charge in [0, 0.05) is 11.6 Å². The number of aryl methyl sites for hydroxylation is 2. The molecule has 0 radical (unpaired) electrons. The van der Waals surface area contributed by atoms with E-state index in [1.807, 2.05) is 32.0 Å². The highest BCUT2D eigenvalue weighted by atomic mass is 19.3. The zero-order chi connectivity index (χ0) is 16.6. The minimum absolute atomic E-state index is 0.191. The molecule has 1 fully saturated rings. The first-order chi connectivity index (χ1) is 11.0. The molecule has 0 atom stereocenters. The van der Waals surface area contributed by atoms with Gasteiger partial charge in [0.15, 0.2) is 0 Å². The fourth-order valence-corrected chi connectivity index (χ4v) is 2.66. The summed E-state index contributed by atoms with van der Waals surface area (Å²) in [6, 6.07) is 7.12. The van der Waals surface area contributed by atoms with Crippen LogP contribution in [0.4, 0.5) is 14.5 Å². The molecule has 1 amide bonds. The fourth-order valence-electron chi connectivity index (χ4n) is 2.66. The van der Waals surface area contributed by atoms with E-state index < -0.39 is 6.43 Å². The van der Waals surface area contributed by atoms with Gasteiger partial charge >= 0.3 is 0 Å². The highest BCUT2D eigenvalue weighted by Crippen LogP contribution is 2.40. The Balaban J connectivity index is 1.77. The van der Waals surface area contributed by atoms with Crippen molar-refractivity contribution in [3.05, 3.63) is 46.8 Å². The van der Waals surface area contributed by atoms with E-state index >= 15 is 0 Å². The molecule has 23 heavy (non-hydrogen) atoms. The standard InChI is InChI=1S/C17H19F2N3O/c1-10-4-3-5-11(2)16(10)20-15(23)9-22-14(17(18)19)8-13(21-22)12-6-7-12/h3-5,8,12,17H,6-7,9H2,1-2H3,(H,20,23). The first kappa shape index (κ1) is 15.6. The zero-order valence-electron chi connectivity index (χ0n) is 13.1. The van der Waals surface area contributed by atoms with Crippen LogP contribution in [0.25, 0.3) is 0 Å². The second-order valence-corrected chi connectivity index (χ2v) is 6.04. The van der Waals surface area contributed by atoms with Gasteiger partial charge in [0.2, 0.25) is 5.91 Å². The average Bonchev–Trinajstić information content (AvgIpc) is 3.24. The maximum absolute atomic E-state index is 13.1. The number of hydrogen-bond acceptors (Lipinski definition) is 2. The van der Waals surface area contributed by atoms with Gasteiger partial charge in [0.1, 0.15) is 12.2 Å². The van der Waals surface area contributed by atoms with Crippen LogP contribution in [0.15, 0.2) is 24.3 Å². The summed E-state index contributed by atoms with van der Waals surface area (Å²) in [5.74, 6) is -0.0785. The molecule has 1 N–H and O–H groups in total. The molecule has 1 aromatic carbocycles.